The number of nitrogens with zero attached hydrogens (tertiary/aromatic N) is 3. The van der Waals surface area contributed by atoms with E-state index in [-0.39, 0.29) is 35.4 Å². The molecule has 0 spiro atoms. The van der Waals surface area contributed by atoms with Gasteiger partial charge >= 0.3 is 0 Å². The van der Waals surface area contributed by atoms with Crippen LogP contribution in [0.2, 0.25) is 0 Å². The van der Waals surface area contributed by atoms with E-state index >= 15 is 0 Å². The molecule has 0 saturated carbocycles. The first-order chi connectivity index (χ1) is 12.5. The Morgan fingerprint density at radius 2 is 2.04 bits per heavy atom. The van der Waals surface area contributed by atoms with Crippen LogP contribution in [0.15, 0.2) is 42.9 Å². The molecule has 0 aliphatic carbocycles. The summed E-state index contributed by atoms with van der Waals surface area (Å²) in [6.45, 7) is 5.53. The fraction of sp³-hybridized carbons (Fsp3) is 0.278. The predicted molar refractivity (Wildman–Crippen MR) is 95.4 cm³/mol. The Hall–Kier alpha value is -3.00. The highest BCUT2D eigenvalue weighted by molar-refractivity contribution is 5.94. The van der Waals surface area contributed by atoms with E-state index in [0.29, 0.717) is 12.9 Å². The SMILES string of the molecule is C=C(N/C(C)=C\F)c1nc(C(=O)COC)n(Cc2ccc(OC)cc2)n1. The molecule has 1 N–H and O–H groups in total. The molecule has 1 aromatic carbocycles. The summed E-state index contributed by atoms with van der Waals surface area (Å²) in [5.74, 6) is 0.766. The number of hydrogen-bond donors (Lipinski definition) is 1. The molecule has 0 bridgehead atoms. The minimum Gasteiger partial charge on any atom is -0.497 e. The molecule has 0 saturated heterocycles. The van der Waals surface area contributed by atoms with E-state index in [1.807, 2.05) is 24.3 Å². The van der Waals surface area contributed by atoms with Crippen LogP contribution in [-0.4, -0.2) is 41.4 Å². The van der Waals surface area contributed by atoms with E-state index in [9.17, 15) is 9.18 Å². The topological polar surface area (TPSA) is 78.3 Å². The second-order valence-electron chi connectivity index (χ2n) is 5.52. The van der Waals surface area contributed by atoms with E-state index in [0.717, 1.165) is 11.3 Å². The zero-order valence-electron chi connectivity index (χ0n) is 15.0. The molecule has 26 heavy (non-hydrogen) atoms. The van der Waals surface area contributed by atoms with Crippen LogP contribution in [0.4, 0.5) is 4.39 Å². The summed E-state index contributed by atoms with van der Waals surface area (Å²) in [5, 5.41) is 7.06. The first kappa shape index (κ1) is 19.3. The van der Waals surface area contributed by atoms with Gasteiger partial charge in [-0.2, -0.15) is 0 Å². The van der Waals surface area contributed by atoms with Gasteiger partial charge in [0.15, 0.2) is 11.6 Å². The van der Waals surface area contributed by atoms with Crippen molar-refractivity contribution < 1.29 is 18.7 Å². The normalized spacial score (nSPS) is 11.3. The van der Waals surface area contributed by atoms with Crippen LogP contribution in [0, 0.1) is 0 Å². The molecule has 1 heterocycles. The molecule has 0 amide bonds. The lowest BCUT2D eigenvalue weighted by Crippen LogP contribution is -2.16. The van der Waals surface area contributed by atoms with Crippen molar-refractivity contribution in [2.75, 3.05) is 20.8 Å². The number of benzene rings is 1. The number of ether oxygens (including phenoxy) is 2. The number of hydrogen-bond acceptors (Lipinski definition) is 6. The lowest BCUT2D eigenvalue weighted by Gasteiger charge is -2.06. The van der Waals surface area contributed by atoms with Crippen molar-refractivity contribution in [2.45, 2.75) is 13.5 Å². The van der Waals surface area contributed by atoms with Gasteiger partial charge in [-0.05, 0) is 24.6 Å². The summed E-state index contributed by atoms with van der Waals surface area (Å²) in [7, 11) is 3.02. The molecule has 0 unspecified atom stereocenters. The zero-order chi connectivity index (χ0) is 19.1. The Kier molecular flexibility index (Phi) is 6.62. The maximum atomic E-state index is 12.5. The number of allylic oxidation sites excluding steroid dienone is 1. The van der Waals surface area contributed by atoms with Gasteiger partial charge in [0.05, 0.1) is 19.4 Å². The van der Waals surface area contributed by atoms with Gasteiger partial charge in [-0.3, -0.25) is 4.79 Å². The largest absolute Gasteiger partial charge is 0.497 e. The lowest BCUT2D eigenvalue weighted by molar-refractivity contribution is 0.0832. The third-order valence-corrected chi connectivity index (χ3v) is 3.47. The van der Waals surface area contributed by atoms with Gasteiger partial charge in [0.25, 0.3) is 0 Å². The molecule has 2 aromatic rings. The highest BCUT2D eigenvalue weighted by Crippen LogP contribution is 2.15. The number of aromatic nitrogens is 3. The fourth-order valence-electron chi connectivity index (χ4n) is 2.21. The van der Waals surface area contributed by atoms with Crippen LogP contribution in [0.5, 0.6) is 5.75 Å². The van der Waals surface area contributed by atoms with Crippen molar-refractivity contribution in [1.82, 2.24) is 20.1 Å². The van der Waals surface area contributed by atoms with Crippen molar-refractivity contribution in [3.05, 3.63) is 60.1 Å². The number of carbonyl (C=O) groups is 1. The highest BCUT2D eigenvalue weighted by Gasteiger charge is 2.19. The van der Waals surface area contributed by atoms with E-state index in [2.05, 4.69) is 22.0 Å². The van der Waals surface area contributed by atoms with Crippen LogP contribution in [0.25, 0.3) is 5.70 Å². The fourth-order valence-corrected chi connectivity index (χ4v) is 2.21. The van der Waals surface area contributed by atoms with Gasteiger partial charge in [-0.15, -0.1) is 5.10 Å². The Labute approximate surface area is 151 Å². The van der Waals surface area contributed by atoms with Gasteiger partial charge in [-0.25, -0.2) is 14.1 Å². The summed E-state index contributed by atoms with van der Waals surface area (Å²) in [4.78, 5) is 16.5. The van der Waals surface area contributed by atoms with Gasteiger partial charge < -0.3 is 14.8 Å². The predicted octanol–water partition coefficient (Wildman–Crippen LogP) is 2.56. The maximum Gasteiger partial charge on any atom is 0.225 e. The average Bonchev–Trinajstić information content (AvgIpc) is 3.06. The first-order valence-electron chi connectivity index (χ1n) is 7.81. The van der Waals surface area contributed by atoms with Crippen LogP contribution in [0.1, 0.15) is 28.9 Å². The maximum absolute atomic E-state index is 12.5. The number of methoxy groups -OCH3 is 2. The third kappa shape index (κ3) is 4.76. The van der Waals surface area contributed by atoms with Gasteiger partial charge in [0, 0.05) is 12.8 Å². The lowest BCUT2D eigenvalue weighted by atomic mass is 10.2. The van der Waals surface area contributed by atoms with Crippen molar-refractivity contribution in [3.8, 4) is 5.75 Å². The minimum atomic E-state index is -0.315. The van der Waals surface area contributed by atoms with Crippen molar-refractivity contribution in [1.29, 1.82) is 0 Å². The van der Waals surface area contributed by atoms with E-state index in [4.69, 9.17) is 9.47 Å². The quantitative estimate of drug-likeness (QED) is 0.693. The average molecular weight is 360 g/mol. The second kappa shape index (κ2) is 8.91. The standard InChI is InChI=1S/C18H21FN4O3/c1-12(9-19)20-13(2)17-21-18(16(24)11-25-3)23(22-17)10-14-5-7-15(26-4)8-6-14/h5-9,20H,2,10-11H2,1,3-4H3/b12-9-. The minimum absolute atomic E-state index is 0.121. The van der Waals surface area contributed by atoms with Crippen molar-refractivity contribution in [2.24, 2.45) is 0 Å². The van der Waals surface area contributed by atoms with Crippen LogP contribution < -0.4 is 10.1 Å². The Morgan fingerprint density at radius 3 is 2.62 bits per heavy atom. The number of Topliss-reactive ketones (excluding diaryl/α,β-unsaturated/α-hetero) is 1. The first-order valence-corrected chi connectivity index (χ1v) is 7.81. The molecule has 0 atom stereocenters. The molecular formula is C18H21FN4O3. The third-order valence-electron chi connectivity index (χ3n) is 3.47. The zero-order valence-corrected chi connectivity index (χ0v) is 15.0. The summed E-state index contributed by atoms with van der Waals surface area (Å²) in [5.41, 5.74) is 1.45. The number of halogens is 1. The molecule has 138 valence electrons. The molecule has 8 heteroatoms. The molecule has 0 radical (unpaired) electrons. The number of rotatable bonds is 9. The highest BCUT2D eigenvalue weighted by atomic mass is 19.1. The van der Waals surface area contributed by atoms with Gasteiger partial charge in [-0.1, -0.05) is 18.7 Å². The smallest absolute Gasteiger partial charge is 0.225 e. The van der Waals surface area contributed by atoms with E-state index < -0.39 is 0 Å². The number of ketones is 1. The Morgan fingerprint density at radius 1 is 1.35 bits per heavy atom. The molecular weight excluding hydrogens is 339 g/mol. The number of nitrogens with one attached hydrogen (secondary N) is 1. The summed E-state index contributed by atoms with van der Waals surface area (Å²) >= 11 is 0. The van der Waals surface area contributed by atoms with E-state index in [1.54, 1.807) is 7.11 Å². The van der Waals surface area contributed by atoms with Crippen LogP contribution >= 0.6 is 0 Å². The van der Waals surface area contributed by atoms with Crippen molar-refractivity contribution >= 4 is 11.5 Å². The molecule has 0 aliphatic rings. The summed E-state index contributed by atoms with van der Waals surface area (Å²) in [6.07, 6.45) is 0.413. The molecule has 7 nitrogen and oxygen atoms in total. The summed E-state index contributed by atoms with van der Waals surface area (Å²) in [6, 6.07) is 7.38. The Bertz CT molecular complexity index is 812. The van der Waals surface area contributed by atoms with Gasteiger partial charge in [0.1, 0.15) is 18.7 Å². The molecule has 0 fully saturated rings. The molecule has 2 rings (SSSR count). The Balaban J connectivity index is 2.32. The number of carbonyl (C=O) groups excluding carboxylic acids is 1. The van der Waals surface area contributed by atoms with Crippen molar-refractivity contribution in [3.63, 3.8) is 0 Å². The second-order valence-corrected chi connectivity index (χ2v) is 5.52. The van der Waals surface area contributed by atoms with Crippen LogP contribution in [-0.2, 0) is 11.3 Å². The monoisotopic (exact) mass is 360 g/mol. The summed E-state index contributed by atoms with van der Waals surface area (Å²) < 4.78 is 24.0. The van der Waals surface area contributed by atoms with Crippen LogP contribution in [0.3, 0.4) is 0 Å². The molecule has 1 aromatic heterocycles. The van der Waals surface area contributed by atoms with E-state index in [1.165, 1.54) is 18.7 Å². The van der Waals surface area contributed by atoms with Gasteiger partial charge in [0.2, 0.25) is 5.78 Å². The molecule has 0 aliphatic heterocycles.